The molecule has 0 aliphatic rings. The highest BCUT2D eigenvalue weighted by Gasteiger charge is 2.07. The monoisotopic (exact) mass is 325 g/mol. The van der Waals surface area contributed by atoms with Crippen LogP contribution in [0.15, 0.2) is 55.0 Å². The molecule has 3 rings (SSSR count). The summed E-state index contributed by atoms with van der Waals surface area (Å²) in [5, 5.41) is 9.28. The number of amides is 2. The molecule has 2 amide bonds. The summed E-state index contributed by atoms with van der Waals surface area (Å²) in [5.41, 5.74) is 2.80. The Bertz CT molecular complexity index is 861. The zero-order chi connectivity index (χ0) is 16.9. The van der Waals surface area contributed by atoms with Crippen molar-refractivity contribution in [3.05, 3.63) is 66.4 Å². The van der Waals surface area contributed by atoms with Crippen LogP contribution in [-0.4, -0.2) is 20.8 Å². The van der Waals surface area contributed by atoms with Gasteiger partial charge < -0.3 is 10.6 Å². The topological polar surface area (TPSA) is 71.8 Å². The van der Waals surface area contributed by atoms with Crippen molar-refractivity contribution in [1.82, 2.24) is 20.1 Å². The van der Waals surface area contributed by atoms with Crippen LogP contribution >= 0.6 is 0 Å². The van der Waals surface area contributed by atoms with Crippen LogP contribution in [0.1, 0.15) is 5.56 Å². The maximum atomic E-state index is 13.5. The van der Waals surface area contributed by atoms with Crippen molar-refractivity contribution in [2.75, 3.05) is 5.32 Å². The van der Waals surface area contributed by atoms with Gasteiger partial charge in [0.1, 0.15) is 5.82 Å². The van der Waals surface area contributed by atoms with Gasteiger partial charge in [-0.15, -0.1) is 0 Å². The molecule has 0 bridgehead atoms. The zero-order valence-electron chi connectivity index (χ0n) is 13.0. The lowest BCUT2D eigenvalue weighted by molar-refractivity contribution is 0.251. The summed E-state index contributed by atoms with van der Waals surface area (Å²) in [6.07, 6.45) is 5.12. The molecule has 1 aromatic carbocycles. The summed E-state index contributed by atoms with van der Waals surface area (Å²) >= 11 is 0. The molecule has 3 aromatic rings. The predicted molar refractivity (Wildman–Crippen MR) is 88.7 cm³/mol. The number of halogens is 1. The number of anilines is 1. The number of hydrogen-bond donors (Lipinski definition) is 2. The summed E-state index contributed by atoms with van der Waals surface area (Å²) in [7, 11) is 1.85. The Hall–Kier alpha value is -3.22. The Labute approximate surface area is 138 Å². The molecule has 0 atom stereocenters. The first-order valence-corrected chi connectivity index (χ1v) is 7.35. The molecule has 0 saturated carbocycles. The molecule has 0 saturated heterocycles. The minimum absolute atomic E-state index is 0.136. The molecule has 0 unspecified atom stereocenters. The predicted octanol–water partition coefficient (Wildman–Crippen LogP) is 2.94. The lowest BCUT2D eigenvalue weighted by atomic mass is 10.1. The van der Waals surface area contributed by atoms with Crippen LogP contribution in [0.2, 0.25) is 0 Å². The summed E-state index contributed by atoms with van der Waals surface area (Å²) in [6.45, 7) is 0.277. The van der Waals surface area contributed by atoms with Crippen LogP contribution < -0.4 is 10.6 Å². The van der Waals surface area contributed by atoms with Crippen LogP contribution in [0.4, 0.5) is 14.9 Å². The number of carbonyl (C=O) groups excluding carboxylic acids is 1. The second kappa shape index (κ2) is 6.91. The van der Waals surface area contributed by atoms with E-state index < -0.39 is 11.8 Å². The van der Waals surface area contributed by atoms with E-state index in [0.29, 0.717) is 0 Å². The first kappa shape index (κ1) is 15.7. The third-order valence-corrected chi connectivity index (χ3v) is 3.49. The Kier molecular flexibility index (Phi) is 4.51. The number of benzene rings is 1. The summed E-state index contributed by atoms with van der Waals surface area (Å²) in [5.74, 6) is -0.479. The van der Waals surface area contributed by atoms with Crippen LogP contribution in [0, 0.1) is 5.82 Å². The maximum Gasteiger partial charge on any atom is 0.319 e. The molecular weight excluding hydrogens is 309 g/mol. The fourth-order valence-electron chi connectivity index (χ4n) is 2.29. The first-order valence-electron chi connectivity index (χ1n) is 7.35. The average Bonchev–Trinajstić information content (AvgIpc) is 3.01. The van der Waals surface area contributed by atoms with Gasteiger partial charge in [-0.2, -0.15) is 5.10 Å². The van der Waals surface area contributed by atoms with Gasteiger partial charge in [-0.25, -0.2) is 9.18 Å². The summed E-state index contributed by atoms with van der Waals surface area (Å²) in [4.78, 5) is 16.1. The number of nitrogens with zero attached hydrogens (tertiary/aromatic N) is 3. The third kappa shape index (κ3) is 3.57. The van der Waals surface area contributed by atoms with E-state index in [-0.39, 0.29) is 12.2 Å². The first-order chi connectivity index (χ1) is 11.6. The van der Waals surface area contributed by atoms with E-state index in [1.165, 1.54) is 12.1 Å². The van der Waals surface area contributed by atoms with E-state index in [9.17, 15) is 9.18 Å². The molecule has 0 radical (unpaired) electrons. The van der Waals surface area contributed by atoms with Crippen molar-refractivity contribution in [3.63, 3.8) is 0 Å². The van der Waals surface area contributed by atoms with E-state index in [4.69, 9.17) is 0 Å². The minimum atomic E-state index is -0.481. The van der Waals surface area contributed by atoms with E-state index in [0.717, 1.165) is 16.8 Å². The number of pyridine rings is 1. The summed E-state index contributed by atoms with van der Waals surface area (Å²) in [6, 6.07) is 9.34. The van der Waals surface area contributed by atoms with Gasteiger partial charge in [0.05, 0.1) is 11.4 Å². The van der Waals surface area contributed by atoms with Crippen LogP contribution in [0.5, 0.6) is 0 Å². The Balaban J connectivity index is 1.64. The number of hydrogen-bond acceptors (Lipinski definition) is 3. The van der Waals surface area contributed by atoms with E-state index in [1.807, 2.05) is 19.2 Å². The molecule has 0 aliphatic heterocycles. The number of aryl methyl sites for hydroxylation is 1. The van der Waals surface area contributed by atoms with Crippen LogP contribution in [0.25, 0.3) is 11.3 Å². The molecule has 7 heteroatoms. The van der Waals surface area contributed by atoms with Crippen molar-refractivity contribution in [2.45, 2.75) is 6.54 Å². The zero-order valence-corrected chi connectivity index (χ0v) is 13.0. The van der Waals surface area contributed by atoms with Crippen molar-refractivity contribution < 1.29 is 9.18 Å². The number of carbonyl (C=O) groups is 1. The smallest absolute Gasteiger partial charge is 0.319 e. The second-order valence-corrected chi connectivity index (χ2v) is 5.21. The Morgan fingerprint density at radius 3 is 2.83 bits per heavy atom. The van der Waals surface area contributed by atoms with Gasteiger partial charge >= 0.3 is 6.03 Å². The average molecular weight is 325 g/mol. The highest BCUT2D eigenvalue weighted by Crippen LogP contribution is 2.18. The molecule has 24 heavy (non-hydrogen) atoms. The van der Waals surface area contributed by atoms with Gasteiger partial charge in [-0.05, 0) is 29.8 Å². The number of aromatic nitrogens is 3. The van der Waals surface area contributed by atoms with Gasteiger partial charge in [0, 0.05) is 37.7 Å². The molecule has 122 valence electrons. The molecule has 0 fully saturated rings. The molecule has 2 aromatic heterocycles. The quantitative estimate of drug-likeness (QED) is 0.775. The normalized spacial score (nSPS) is 10.4. The van der Waals surface area contributed by atoms with Crippen molar-refractivity contribution >= 4 is 11.7 Å². The minimum Gasteiger partial charge on any atom is -0.334 e. The van der Waals surface area contributed by atoms with Gasteiger partial charge in [0.2, 0.25) is 0 Å². The summed E-state index contributed by atoms with van der Waals surface area (Å²) < 4.78 is 15.2. The number of nitrogens with one attached hydrogen (secondary N) is 2. The van der Waals surface area contributed by atoms with Crippen molar-refractivity contribution in [2.24, 2.45) is 7.05 Å². The molecule has 2 N–H and O–H groups in total. The second-order valence-electron chi connectivity index (χ2n) is 5.21. The van der Waals surface area contributed by atoms with Gasteiger partial charge in [0.15, 0.2) is 0 Å². The number of rotatable bonds is 4. The van der Waals surface area contributed by atoms with E-state index in [1.54, 1.807) is 35.4 Å². The Morgan fingerprint density at radius 2 is 2.08 bits per heavy atom. The lowest BCUT2D eigenvalue weighted by Crippen LogP contribution is -2.28. The fourth-order valence-corrected chi connectivity index (χ4v) is 2.29. The lowest BCUT2D eigenvalue weighted by Gasteiger charge is -2.09. The van der Waals surface area contributed by atoms with E-state index in [2.05, 4.69) is 20.7 Å². The van der Waals surface area contributed by atoms with Crippen molar-refractivity contribution in [1.29, 1.82) is 0 Å². The van der Waals surface area contributed by atoms with Crippen molar-refractivity contribution in [3.8, 4) is 11.3 Å². The molecule has 0 aliphatic carbocycles. The molecule has 2 heterocycles. The Morgan fingerprint density at radius 1 is 1.25 bits per heavy atom. The highest BCUT2D eigenvalue weighted by molar-refractivity contribution is 5.89. The maximum absolute atomic E-state index is 13.5. The van der Waals surface area contributed by atoms with Gasteiger partial charge in [-0.1, -0.05) is 12.1 Å². The fraction of sp³-hybridized carbons (Fsp3) is 0.118. The third-order valence-electron chi connectivity index (χ3n) is 3.49. The van der Waals surface area contributed by atoms with Crippen LogP contribution in [-0.2, 0) is 13.6 Å². The number of urea groups is 1. The highest BCUT2D eigenvalue weighted by atomic mass is 19.1. The van der Waals surface area contributed by atoms with Gasteiger partial charge in [0.25, 0.3) is 0 Å². The molecule has 0 spiro atoms. The standard InChI is InChI=1S/C17H16FN5O/c1-23-16(6-7-21-23)13-8-12(9-19-11-13)10-20-17(24)22-15-5-3-2-4-14(15)18/h2-9,11H,10H2,1H3,(H2,20,22,24). The van der Waals surface area contributed by atoms with Crippen LogP contribution in [0.3, 0.4) is 0 Å². The number of para-hydroxylation sites is 1. The molecular formula is C17H16FN5O. The molecule has 6 nitrogen and oxygen atoms in total. The van der Waals surface area contributed by atoms with Gasteiger partial charge in [-0.3, -0.25) is 9.67 Å². The largest absolute Gasteiger partial charge is 0.334 e. The SMILES string of the molecule is Cn1nccc1-c1cncc(CNC(=O)Nc2ccccc2F)c1. The van der Waals surface area contributed by atoms with E-state index >= 15 is 0 Å².